The second-order valence-corrected chi connectivity index (χ2v) is 9.15. The van der Waals surface area contributed by atoms with Crippen molar-refractivity contribution in [1.29, 1.82) is 0 Å². The highest BCUT2D eigenvalue weighted by Crippen LogP contribution is 2.31. The van der Waals surface area contributed by atoms with Crippen molar-refractivity contribution in [2.75, 3.05) is 27.4 Å². The highest BCUT2D eigenvalue weighted by atomic mass is 16.5. The molecule has 33 heavy (non-hydrogen) atoms. The quantitative estimate of drug-likeness (QED) is 0.317. The number of ketones is 1. The van der Waals surface area contributed by atoms with Crippen molar-refractivity contribution < 1.29 is 34.0 Å². The molecule has 0 radical (unpaired) electrons. The number of carboxylic acids is 1. The number of aliphatic hydroxyl groups excluding tert-OH is 1. The molecule has 0 heterocycles. The Morgan fingerprint density at radius 2 is 1.64 bits per heavy atom. The summed E-state index contributed by atoms with van der Waals surface area (Å²) in [6.07, 6.45) is -0.135. The molecule has 0 bridgehead atoms. The normalized spacial score (nSPS) is 15.2. The Bertz CT molecular complexity index is 750. The number of hydrogen-bond acceptors (Lipinski definition) is 7. The van der Waals surface area contributed by atoms with Gasteiger partial charge in [-0.25, -0.2) is 0 Å². The lowest BCUT2D eigenvalue weighted by atomic mass is 9.80. The minimum Gasteiger partial charge on any atom is -0.493 e. The molecule has 0 aliphatic carbocycles. The van der Waals surface area contributed by atoms with Crippen LogP contribution in [0.15, 0.2) is 18.2 Å². The predicted octanol–water partition coefficient (Wildman–Crippen LogP) is 2.93. The van der Waals surface area contributed by atoms with Gasteiger partial charge in [-0.15, -0.1) is 0 Å². The van der Waals surface area contributed by atoms with Crippen molar-refractivity contribution in [3.63, 3.8) is 0 Å². The number of carbonyl (C=O) groups excluding carboxylic acids is 1. The molecule has 1 aromatic rings. The van der Waals surface area contributed by atoms with Crippen LogP contribution in [-0.4, -0.2) is 61.5 Å². The third-order valence-corrected chi connectivity index (χ3v) is 5.96. The molecule has 0 fully saturated rings. The Balaban J connectivity index is 2.97. The second-order valence-electron chi connectivity index (χ2n) is 9.15. The molecule has 1 aromatic carbocycles. The summed E-state index contributed by atoms with van der Waals surface area (Å²) in [5, 5.41) is 19.9. The van der Waals surface area contributed by atoms with E-state index in [0.717, 1.165) is 12.0 Å². The SMILES string of the molecule is COCCCOc1cc(C[C@@H](C(=O)[C@H](N)[C@@H](O)C[C@H](C(=O)O)C(C)C)C(C)C)ccc1OC. The van der Waals surface area contributed by atoms with Crippen LogP contribution in [0.4, 0.5) is 0 Å². The molecule has 0 unspecified atom stereocenters. The smallest absolute Gasteiger partial charge is 0.306 e. The van der Waals surface area contributed by atoms with Crippen molar-refractivity contribution in [3.05, 3.63) is 23.8 Å². The molecule has 8 nitrogen and oxygen atoms in total. The van der Waals surface area contributed by atoms with E-state index in [2.05, 4.69) is 0 Å². The summed E-state index contributed by atoms with van der Waals surface area (Å²) in [5.74, 6) is -1.49. The fourth-order valence-electron chi connectivity index (χ4n) is 3.77. The van der Waals surface area contributed by atoms with E-state index in [4.69, 9.17) is 19.9 Å². The lowest BCUT2D eigenvalue weighted by Gasteiger charge is -2.28. The van der Waals surface area contributed by atoms with Gasteiger partial charge in [-0.05, 0) is 42.4 Å². The monoisotopic (exact) mass is 467 g/mol. The molecule has 0 saturated heterocycles. The van der Waals surface area contributed by atoms with E-state index in [1.54, 1.807) is 34.1 Å². The zero-order valence-electron chi connectivity index (χ0n) is 20.7. The molecule has 0 spiro atoms. The summed E-state index contributed by atoms with van der Waals surface area (Å²) in [6.45, 7) is 8.47. The molecule has 0 saturated carbocycles. The van der Waals surface area contributed by atoms with Crippen LogP contribution in [0.5, 0.6) is 11.5 Å². The zero-order valence-corrected chi connectivity index (χ0v) is 20.7. The number of ether oxygens (including phenoxy) is 3. The van der Waals surface area contributed by atoms with E-state index in [1.807, 2.05) is 26.0 Å². The molecule has 1 rings (SSSR count). The minimum atomic E-state index is -1.22. The third kappa shape index (κ3) is 8.95. The number of nitrogens with two attached hydrogens (primary N) is 1. The zero-order chi connectivity index (χ0) is 25.1. The van der Waals surface area contributed by atoms with Crippen LogP contribution in [0.25, 0.3) is 0 Å². The summed E-state index contributed by atoms with van der Waals surface area (Å²) in [4.78, 5) is 24.7. The first-order valence-electron chi connectivity index (χ1n) is 11.5. The standard InChI is InChI=1S/C25H41NO7/c1-15(2)18(24(28)23(26)20(27)14-19(16(3)4)25(29)30)12-17-8-9-21(32-6)22(13-17)33-11-7-10-31-5/h8-9,13,15-16,18-20,23,27H,7,10-12,14,26H2,1-6H3,(H,29,30)/t18-,19+,20+,23-/m1/s1. The first-order valence-corrected chi connectivity index (χ1v) is 11.5. The Labute approximate surface area is 197 Å². The fourth-order valence-corrected chi connectivity index (χ4v) is 3.77. The largest absolute Gasteiger partial charge is 0.493 e. The van der Waals surface area contributed by atoms with Gasteiger partial charge >= 0.3 is 5.97 Å². The average Bonchev–Trinajstić information content (AvgIpc) is 2.76. The van der Waals surface area contributed by atoms with Crippen molar-refractivity contribution in [1.82, 2.24) is 0 Å². The Kier molecular flexibility index (Phi) is 12.4. The maximum absolute atomic E-state index is 13.2. The Hall–Kier alpha value is -2.16. The molecule has 0 aromatic heterocycles. The number of aliphatic carboxylic acids is 1. The van der Waals surface area contributed by atoms with Crippen molar-refractivity contribution in [2.45, 2.75) is 59.1 Å². The number of carbonyl (C=O) groups is 2. The van der Waals surface area contributed by atoms with Gasteiger partial charge in [-0.2, -0.15) is 0 Å². The maximum Gasteiger partial charge on any atom is 0.306 e. The van der Waals surface area contributed by atoms with Crippen molar-refractivity contribution >= 4 is 11.8 Å². The molecule has 4 atom stereocenters. The van der Waals surface area contributed by atoms with Crippen molar-refractivity contribution in [3.8, 4) is 11.5 Å². The average molecular weight is 468 g/mol. The van der Waals surface area contributed by atoms with Gasteiger partial charge in [0.25, 0.3) is 0 Å². The van der Waals surface area contributed by atoms with E-state index >= 15 is 0 Å². The van der Waals surface area contributed by atoms with Gasteiger partial charge in [0.15, 0.2) is 17.3 Å². The number of aliphatic hydroxyl groups is 1. The van der Waals surface area contributed by atoms with Gasteiger partial charge in [0.05, 0.1) is 31.8 Å². The molecule has 188 valence electrons. The van der Waals surface area contributed by atoms with Crippen LogP contribution in [0.2, 0.25) is 0 Å². The molecule has 8 heteroatoms. The molecular weight excluding hydrogens is 426 g/mol. The highest BCUT2D eigenvalue weighted by molar-refractivity contribution is 5.87. The van der Waals surface area contributed by atoms with Crippen molar-refractivity contribution in [2.24, 2.45) is 29.4 Å². The first-order chi connectivity index (χ1) is 15.5. The highest BCUT2D eigenvalue weighted by Gasteiger charge is 2.34. The summed E-state index contributed by atoms with van der Waals surface area (Å²) in [5.41, 5.74) is 7.01. The van der Waals surface area contributed by atoms with E-state index in [1.165, 1.54) is 0 Å². The Morgan fingerprint density at radius 1 is 1.00 bits per heavy atom. The molecule has 0 amide bonds. The molecule has 4 N–H and O–H groups in total. The van der Waals surface area contributed by atoms with E-state index in [9.17, 15) is 19.8 Å². The summed E-state index contributed by atoms with van der Waals surface area (Å²) < 4.78 is 16.3. The van der Waals surface area contributed by atoms with Gasteiger partial charge in [-0.3, -0.25) is 9.59 Å². The van der Waals surface area contributed by atoms with Crippen LogP contribution in [0.1, 0.15) is 46.1 Å². The maximum atomic E-state index is 13.2. The molecule has 0 aliphatic heterocycles. The fraction of sp³-hybridized carbons (Fsp3) is 0.680. The number of hydrogen-bond donors (Lipinski definition) is 3. The second kappa shape index (κ2) is 14.2. The number of Topliss-reactive ketones (excluding diaryl/α,β-unsaturated/α-hetero) is 1. The number of carboxylic acid groups (broad SMARTS) is 1. The number of benzene rings is 1. The lowest BCUT2D eigenvalue weighted by Crippen LogP contribution is -2.48. The van der Waals surface area contributed by atoms with Crippen LogP contribution >= 0.6 is 0 Å². The third-order valence-electron chi connectivity index (χ3n) is 5.96. The summed E-state index contributed by atoms with van der Waals surface area (Å²) in [7, 11) is 3.20. The summed E-state index contributed by atoms with van der Waals surface area (Å²) >= 11 is 0. The number of methoxy groups -OCH3 is 2. The summed E-state index contributed by atoms with van der Waals surface area (Å²) in [6, 6.07) is 4.39. The van der Waals surface area contributed by atoms with Crippen LogP contribution in [-0.2, 0) is 20.7 Å². The van der Waals surface area contributed by atoms with E-state index in [-0.39, 0.29) is 24.0 Å². The topological polar surface area (TPSA) is 128 Å². The number of rotatable bonds is 16. The minimum absolute atomic E-state index is 0.0238. The Morgan fingerprint density at radius 3 is 2.15 bits per heavy atom. The molecular formula is C25H41NO7. The van der Waals surface area contributed by atoms with Crippen LogP contribution < -0.4 is 15.2 Å². The van der Waals surface area contributed by atoms with Gasteiger partial charge in [-0.1, -0.05) is 33.8 Å². The molecule has 0 aliphatic rings. The van der Waals surface area contributed by atoms with E-state index < -0.39 is 30.0 Å². The van der Waals surface area contributed by atoms with E-state index in [0.29, 0.717) is 31.1 Å². The first kappa shape index (κ1) is 28.9. The van der Waals surface area contributed by atoms with Gasteiger partial charge < -0.3 is 30.2 Å². The van der Waals surface area contributed by atoms with Gasteiger partial charge in [0.2, 0.25) is 0 Å². The van der Waals surface area contributed by atoms with Crippen LogP contribution in [0.3, 0.4) is 0 Å². The van der Waals surface area contributed by atoms with Crippen LogP contribution in [0, 0.1) is 23.7 Å². The lowest BCUT2D eigenvalue weighted by molar-refractivity contribution is -0.145. The van der Waals surface area contributed by atoms with Gasteiger partial charge in [0, 0.05) is 26.1 Å². The van der Waals surface area contributed by atoms with Gasteiger partial charge in [0.1, 0.15) is 0 Å². The predicted molar refractivity (Wildman–Crippen MR) is 127 cm³/mol.